The van der Waals surface area contributed by atoms with E-state index in [4.69, 9.17) is 0 Å². The Labute approximate surface area is 121 Å². The smallest absolute Gasteiger partial charge is 0.0595 e. The predicted molar refractivity (Wildman–Crippen MR) is 82.7 cm³/mol. The van der Waals surface area contributed by atoms with Gasteiger partial charge in [-0.05, 0) is 54.6 Å². The number of rotatable bonds is 6. The van der Waals surface area contributed by atoms with Gasteiger partial charge in [-0.2, -0.15) is 0 Å². The Balaban J connectivity index is 2.41. The Morgan fingerprint density at radius 3 is 2.70 bits per heavy atom. The molecule has 0 aliphatic rings. The number of nitrogens with zero attached hydrogens (tertiary/aromatic N) is 2. The Hall–Kier alpha value is -1.74. The van der Waals surface area contributed by atoms with E-state index in [1.54, 1.807) is 0 Å². The summed E-state index contributed by atoms with van der Waals surface area (Å²) >= 11 is 0. The molecular weight excluding hydrogens is 246 g/mol. The molecule has 20 heavy (non-hydrogen) atoms. The van der Waals surface area contributed by atoms with Crippen molar-refractivity contribution in [2.75, 3.05) is 6.54 Å². The van der Waals surface area contributed by atoms with Crippen LogP contribution in [0.3, 0.4) is 0 Å². The van der Waals surface area contributed by atoms with E-state index < -0.39 is 0 Å². The first kappa shape index (κ1) is 14.7. The summed E-state index contributed by atoms with van der Waals surface area (Å²) < 4.78 is 0. The van der Waals surface area contributed by atoms with Gasteiger partial charge in [-0.1, -0.05) is 19.9 Å². The van der Waals surface area contributed by atoms with Gasteiger partial charge in [0.2, 0.25) is 0 Å². The van der Waals surface area contributed by atoms with Gasteiger partial charge in [0.25, 0.3) is 0 Å². The monoisotopic (exact) mass is 269 g/mol. The fourth-order valence-electron chi connectivity index (χ4n) is 2.45. The molecule has 2 rings (SSSR count). The maximum atomic E-state index is 4.34. The Kier molecular flexibility index (Phi) is 5.24. The highest BCUT2D eigenvalue weighted by atomic mass is 14.9. The molecule has 0 aromatic carbocycles. The summed E-state index contributed by atoms with van der Waals surface area (Å²) in [6.07, 6.45) is 9.81. The highest BCUT2D eigenvalue weighted by Gasteiger charge is 2.16. The van der Waals surface area contributed by atoms with E-state index in [1.807, 2.05) is 24.8 Å². The van der Waals surface area contributed by atoms with Crippen LogP contribution < -0.4 is 5.32 Å². The number of nitrogens with one attached hydrogen (secondary N) is 1. The van der Waals surface area contributed by atoms with E-state index in [-0.39, 0.29) is 6.04 Å². The first-order chi connectivity index (χ1) is 9.76. The van der Waals surface area contributed by atoms with Crippen LogP contribution in [0.1, 0.15) is 48.6 Å². The van der Waals surface area contributed by atoms with Crippen molar-refractivity contribution in [3.8, 4) is 0 Å². The minimum Gasteiger partial charge on any atom is -0.306 e. The Bertz CT molecular complexity index is 551. The quantitative estimate of drug-likeness (QED) is 0.873. The average Bonchev–Trinajstić information content (AvgIpc) is 2.48. The SMILES string of the molecule is CCCNC(c1cncc(C)c1)c1ccncc1CC. The van der Waals surface area contributed by atoms with Gasteiger partial charge in [-0.3, -0.25) is 9.97 Å². The lowest BCUT2D eigenvalue weighted by atomic mass is 9.95. The lowest BCUT2D eigenvalue weighted by Gasteiger charge is -2.22. The van der Waals surface area contributed by atoms with E-state index in [0.717, 1.165) is 19.4 Å². The minimum atomic E-state index is 0.195. The van der Waals surface area contributed by atoms with Crippen LogP contribution in [0.2, 0.25) is 0 Å². The average molecular weight is 269 g/mol. The molecular formula is C17H23N3. The molecule has 2 heterocycles. The number of hydrogen-bond acceptors (Lipinski definition) is 3. The van der Waals surface area contributed by atoms with Gasteiger partial charge >= 0.3 is 0 Å². The second kappa shape index (κ2) is 7.15. The molecule has 0 amide bonds. The largest absolute Gasteiger partial charge is 0.306 e. The van der Waals surface area contributed by atoms with Crippen molar-refractivity contribution in [2.24, 2.45) is 0 Å². The number of aryl methyl sites for hydroxylation is 2. The van der Waals surface area contributed by atoms with Gasteiger partial charge in [0.1, 0.15) is 0 Å². The van der Waals surface area contributed by atoms with Crippen molar-refractivity contribution >= 4 is 0 Å². The van der Waals surface area contributed by atoms with E-state index >= 15 is 0 Å². The first-order valence-corrected chi connectivity index (χ1v) is 7.34. The topological polar surface area (TPSA) is 37.8 Å². The molecule has 1 N–H and O–H groups in total. The summed E-state index contributed by atoms with van der Waals surface area (Å²) in [6.45, 7) is 7.43. The molecule has 2 aromatic rings. The summed E-state index contributed by atoms with van der Waals surface area (Å²) in [5.74, 6) is 0. The molecule has 0 spiro atoms. The van der Waals surface area contributed by atoms with Crippen LogP contribution in [0.15, 0.2) is 36.9 Å². The third-order valence-electron chi connectivity index (χ3n) is 3.46. The first-order valence-electron chi connectivity index (χ1n) is 7.34. The van der Waals surface area contributed by atoms with Crippen molar-refractivity contribution in [1.29, 1.82) is 0 Å². The third-order valence-corrected chi connectivity index (χ3v) is 3.46. The zero-order valence-electron chi connectivity index (χ0n) is 12.6. The van der Waals surface area contributed by atoms with Crippen molar-refractivity contribution in [3.05, 3.63) is 59.2 Å². The lowest BCUT2D eigenvalue weighted by molar-refractivity contribution is 0.592. The third kappa shape index (κ3) is 3.42. The van der Waals surface area contributed by atoms with Gasteiger partial charge in [-0.15, -0.1) is 0 Å². The molecule has 0 fully saturated rings. The predicted octanol–water partition coefficient (Wildman–Crippen LogP) is 3.44. The molecule has 0 aliphatic carbocycles. The zero-order chi connectivity index (χ0) is 14.4. The van der Waals surface area contributed by atoms with Crippen LogP contribution in [0.25, 0.3) is 0 Å². The highest BCUT2D eigenvalue weighted by molar-refractivity contribution is 5.35. The van der Waals surface area contributed by atoms with Gasteiger partial charge in [0.05, 0.1) is 6.04 Å². The van der Waals surface area contributed by atoms with Crippen molar-refractivity contribution < 1.29 is 0 Å². The lowest BCUT2D eigenvalue weighted by Crippen LogP contribution is -2.24. The summed E-state index contributed by atoms with van der Waals surface area (Å²) in [6, 6.07) is 4.52. The van der Waals surface area contributed by atoms with Crippen LogP contribution in [0.4, 0.5) is 0 Å². The highest BCUT2D eigenvalue weighted by Crippen LogP contribution is 2.25. The van der Waals surface area contributed by atoms with E-state index in [9.17, 15) is 0 Å². The Morgan fingerprint density at radius 1 is 1.15 bits per heavy atom. The van der Waals surface area contributed by atoms with E-state index in [0.29, 0.717) is 0 Å². The van der Waals surface area contributed by atoms with Crippen LogP contribution in [-0.2, 0) is 6.42 Å². The van der Waals surface area contributed by atoms with Crippen molar-refractivity contribution in [2.45, 2.75) is 39.7 Å². The van der Waals surface area contributed by atoms with Gasteiger partial charge in [-0.25, -0.2) is 0 Å². The number of pyridine rings is 2. The van der Waals surface area contributed by atoms with Crippen LogP contribution in [0.5, 0.6) is 0 Å². The maximum Gasteiger partial charge on any atom is 0.0595 e. The molecule has 1 unspecified atom stereocenters. The molecule has 1 atom stereocenters. The van der Waals surface area contributed by atoms with Crippen molar-refractivity contribution in [1.82, 2.24) is 15.3 Å². The van der Waals surface area contributed by atoms with Crippen molar-refractivity contribution in [3.63, 3.8) is 0 Å². The molecule has 0 saturated heterocycles. The summed E-state index contributed by atoms with van der Waals surface area (Å²) in [5.41, 5.74) is 5.02. The summed E-state index contributed by atoms with van der Waals surface area (Å²) in [5, 5.41) is 3.64. The fraction of sp³-hybridized carbons (Fsp3) is 0.412. The van der Waals surface area contributed by atoms with Gasteiger partial charge in [0, 0.05) is 24.8 Å². The van der Waals surface area contributed by atoms with Gasteiger partial charge in [0.15, 0.2) is 0 Å². The Morgan fingerprint density at radius 2 is 2.00 bits per heavy atom. The molecule has 0 bridgehead atoms. The summed E-state index contributed by atoms with van der Waals surface area (Å²) in [7, 11) is 0. The molecule has 0 aliphatic heterocycles. The standard InChI is InChI=1S/C17H23N3/c1-4-7-20-17(15-9-13(3)10-19-12-15)16-6-8-18-11-14(16)5-2/h6,8-12,17,20H,4-5,7H2,1-3H3. The van der Waals surface area contributed by atoms with Crippen LogP contribution in [0, 0.1) is 6.92 Å². The van der Waals surface area contributed by atoms with E-state index in [2.05, 4.69) is 48.2 Å². The molecule has 3 heteroatoms. The van der Waals surface area contributed by atoms with Gasteiger partial charge < -0.3 is 5.32 Å². The summed E-state index contributed by atoms with van der Waals surface area (Å²) in [4.78, 5) is 8.59. The molecule has 106 valence electrons. The minimum absolute atomic E-state index is 0.195. The second-order valence-electron chi connectivity index (χ2n) is 5.11. The normalized spacial score (nSPS) is 12.3. The molecule has 0 saturated carbocycles. The fourth-order valence-corrected chi connectivity index (χ4v) is 2.45. The second-order valence-corrected chi connectivity index (χ2v) is 5.11. The molecule has 0 radical (unpaired) electrons. The number of hydrogen-bond donors (Lipinski definition) is 1. The number of aromatic nitrogens is 2. The molecule has 3 nitrogen and oxygen atoms in total. The molecule has 2 aromatic heterocycles. The van der Waals surface area contributed by atoms with Crippen LogP contribution in [-0.4, -0.2) is 16.5 Å². The zero-order valence-corrected chi connectivity index (χ0v) is 12.6. The van der Waals surface area contributed by atoms with E-state index in [1.165, 1.54) is 22.3 Å². The van der Waals surface area contributed by atoms with Crippen LogP contribution >= 0.6 is 0 Å². The maximum absolute atomic E-state index is 4.34.